The van der Waals surface area contributed by atoms with Gasteiger partial charge in [-0.2, -0.15) is 0 Å². The van der Waals surface area contributed by atoms with Crippen LogP contribution in [-0.4, -0.2) is 29.1 Å². The van der Waals surface area contributed by atoms with E-state index in [1.807, 2.05) is 6.08 Å². The van der Waals surface area contributed by atoms with E-state index in [4.69, 9.17) is 4.74 Å². The number of aliphatic hydroxyl groups is 1. The third-order valence-corrected chi connectivity index (χ3v) is 11.2. The summed E-state index contributed by atoms with van der Waals surface area (Å²) in [6, 6.07) is 0. The molecule has 3 saturated carbocycles. The van der Waals surface area contributed by atoms with Gasteiger partial charge in [-0.25, -0.2) is 0 Å². The lowest BCUT2D eigenvalue weighted by atomic mass is 9.35. The normalized spacial score (nSPS) is 50.4. The first-order valence-electron chi connectivity index (χ1n) is 12.9. The van der Waals surface area contributed by atoms with Crippen LogP contribution in [0.3, 0.4) is 0 Å². The fraction of sp³-hybridized carbons (Fsp3) is 0.857. The lowest BCUT2D eigenvalue weighted by Crippen LogP contribution is -2.65. The molecule has 4 nitrogen and oxygen atoms in total. The molecular formula is C28H44O4. The average molecular weight is 445 g/mol. The van der Waals surface area contributed by atoms with Gasteiger partial charge in [-0.05, 0) is 79.4 Å². The van der Waals surface area contributed by atoms with E-state index in [1.54, 1.807) is 0 Å². The molecule has 0 saturated heterocycles. The average Bonchev–Trinajstić information content (AvgIpc) is 2.70. The van der Waals surface area contributed by atoms with Crippen LogP contribution in [0.2, 0.25) is 0 Å². The SMILES string of the molecule is CC[C@@]1(C)CCC[C@]2(C)[C@H]3C[C@H](OC(C)=O)[C@]4(C)C=C(C(C)=O)[C@@H](O)C[C@H]4[C@]3(C)CC[C@@H]12. The van der Waals surface area contributed by atoms with E-state index >= 15 is 0 Å². The van der Waals surface area contributed by atoms with Crippen LogP contribution in [0.1, 0.15) is 99.8 Å². The monoisotopic (exact) mass is 444 g/mol. The van der Waals surface area contributed by atoms with Crippen LogP contribution in [-0.2, 0) is 14.3 Å². The Morgan fingerprint density at radius 3 is 2.25 bits per heavy atom. The Balaban J connectivity index is 1.83. The molecule has 0 heterocycles. The van der Waals surface area contributed by atoms with Gasteiger partial charge in [0, 0.05) is 17.9 Å². The summed E-state index contributed by atoms with van der Waals surface area (Å²) < 4.78 is 6.05. The largest absolute Gasteiger partial charge is 0.462 e. The van der Waals surface area contributed by atoms with Crippen molar-refractivity contribution in [3.8, 4) is 0 Å². The second-order valence-electron chi connectivity index (χ2n) is 12.7. The van der Waals surface area contributed by atoms with Gasteiger partial charge in [-0.3, -0.25) is 9.59 Å². The van der Waals surface area contributed by atoms with Gasteiger partial charge in [0.2, 0.25) is 0 Å². The zero-order valence-electron chi connectivity index (χ0n) is 21.3. The Morgan fingerprint density at radius 1 is 1.00 bits per heavy atom. The lowest BCUT2D eigenvalue weighted by molar-refractivity contribution is -0.228. The summed E-state index contributed by atoms with van der Waals surface area (Å²) in [5, 5.41) is 11.0. The maximum atomic E-state index is 12.3. The number of hydrogen-bond acceptors (Lipinski definition) is 4. The van der Waals surface area contributed by atoms with Gasteiger partial charge < -0.3 is 9.84 Å². The van der Waals surface area contributed by atoms with E-state index in [0.29, 0.717) is 29.2 Å². The molecule has 0 aromatic heterocycles. The zero-order valence-corrected chi connectivity index (χ0v) is 21.3. The first-order valence-corrected chi connectivity index (χ1v) is 12.9. The molecule has 0 aromatic carbocycles. The van der Waals surface area contributed by atoms with Gasteiger partial charge in [0.15, 0.2) is 5.78 Å². The summed E-state index contributed by atoms with van der Waals surface area (Å²) in [6.07, 6.45) is 9.86. The number of Topliss-reactive ketones (excluding diaryl/α,β-unsaturated/α-hetero) is 1. The Labute approximate surface area is 194 Å². The minimum Gasteiger partial charge on any atom is -0.462 e. The molecular weight excluding hydrogens is 400 g/mol. The highest BCUT2D eigenvalue weighted by molar-refractivity contribution is 5.94. The van der Waals surface area contributed by atoms with E-state index in [0.717, 1.165) is 12.8 Å². The van der Waals surface area contributed by atoms with Crippen LogP contribution in [0, 0.1) is 39.4 Å². The van der Waals surface area contributed by atoms with E-state index in [9.17, 15) is 14.7 Å². The predicted octanol–water partition coefficient (Wildman–Crippen LogP) is 5.86. The molecule has 3 fully saturated rings. The molecule has 0 amide bonds. The molecule has 32 heavy (non-hydrogen) atoms. The van der Waals surface area contributed by atoms with Crippen molar-refractivity contribution >= 4 is 11.8 Å². The minimum absolute atomic E-state index is 0.0580. The van der Waals surface area contributed by atoms with E-state index < -0.39 is 11.5 Å². The zero-order chi connectivity index (χ0) is 23.7. The third-order valence-electron chi connectivity index (χ3n) is 11.2. The number of carbonyl (C=O) groups excluding carboxylic acids is 2. The van der Waals surface area contributed by atoms with Crippen molar-refractivity contribution in [3.63, 3.8) is 0 Å². The number of ketones is 1. The van der Waals surface area contributed by atoms with Crippen LogP contribution in [0.15, 0.2) is 11.6 Å². The maximum Gasteiger partial charge on any atom is 0.302 e. The van der Waals surface area contributed by atoms with Gasteiger partial charge in [0.25, 0.3) is 0 Å². The highest BCUT2D eigenvalue weighted by Crippen LogP contribution is 2.72. The Kier molecular flexibility index (Phi) is 5.76. The van der Waals surface area contributed by atoms with Crippen molar-refractivity contribution in [2.75, 3.05) is 0 Å². The van der Waals surface area contributed by atoms with Crippen LogP contribution >= 0.6 is 0 Å². The molecule has 1 N–H and O–H groups in total. The summed E-state index contributed by atoms with van der Waals surface area (Å²) in [4.78, 5) is 24.5. The van der Waals surface area contributed by atoms with Crippen LogP contribution in [0.25, 0.3) is 0 Å². The molecule has 180 valence electrons. The Morgan fingerprint density at radius 2 is 1.66 bits per heavy atom. The summed E-state index contributed by atoms with van der Waals surface area (Å²) in [6.45, 7) is 15.0. The Hall–Kier alpha value is -1.16. The van der Waals surface area contributed by atoms with E-state index in [1.165, 1.54) is 46.0 Å². The summed E-state index contributed by atoms with van der Waals surface area (Å²) in [5.41, 5.74) is 0.718. The third kappa shape index (κ3) is 3.26. The molecule has 4 aliphatic carbocycles. The number of rotatable bonds is 3. The van der Waals surface area contributed by atoms with E-state index in [2.05, 4.69) is 34.6 Å². The first kappa shape index (κ1) is 24.0. The smallest absolute Gasteiger partial charge is 0.302 e. The van der Waals surface area contributed by atoms with Crippen LogP contribution < -0.4 is 0 Å². The number of fused-ring (bicyclic) bond motifs is 5. The summed E-state index contributed by atoms with van der Waals surface area (Å²) in [5.74, 6) is 0.992. The number of carbonyl (C=O) groups is 2. The second-order valence-corrected chi connectivity index (χ2v) is 12.7. The number of hydrogen-bond donors (Lipinski definition) is 1. The molecule has 0 aliphatic heterocycles. The van der Waals surface area contributed by atoms with Gasteiger partial charge in [0.05, 0.1) is 6.10 Å². The van der Waals surface area contributed by atoms with Crippen molar-refractivity contribution in [2.24, 2.45) is 39.4 Å². The fourth-order valence-corrected chi connectivity index (χ4v) is 9.49. The standard InChI is InChI=1S/C28H44O4/c1-8-25(4)11-9-12-26(5)21(25)10-13-27(6)22-14-20(31)19(17(2)29)16-28(22,7)24(15-23(26)27)32-18(3)30/h16,20-24,31H,8-15H2,1-7H3/t20-,21-,22-,23+,24-,25-,26-,27-,28+/m0/s1. The molecule has 0 radical (unpaired) electrons. The number of aliphatic hydroxyl groups excluding tert-OH is 1. The van der Waals surface area contributed by atoms with Crippen molar-refractivity contribution in [3.05, 3.63) is 11.6 Å². The van der Waals surface area contributed by atoms with Gasteiger partial charge >= 0.3 is 5.97 Å². The maximum absolute atomic E-state index is 12.3. The minimum atomic E-state index is -0.725. The number of esters is 1. The van der Waals surface area contributed by atoms with Crippen molar-refractivity contribution in [1.82, 2.24) is 0 Å². The summed E-state index contributed by atoms with van der Waals surface area (Å²) in [7, 11) is 0. The van der Waals surface area contributed by atoms with Gasteiger partial charge in [-0.1, -0.05) is 53.5 Å². The lowest BCUT2D eigenvalue weighted by Gasteiger charge is -2.70. The van der Waals surface area contributed by atoms with Crippen molar-refractivity contribution < 1.29 is 19.4 Å². The highest BCUT2D eigenvalue weighted by Gasteiger charge is 2.67. The molecule has 4 aliphatic rings. The van der Waals surface area contributed by atoms with Gasteiger partial charge in [-0.15, -0.1) is 0 Å². The second kappa shape index (κ2) is 7.68. The fourth-order valence-electron chi connectivity index (χ4n) is 9.49. The van der Waals surface area contributed by atoms with E-state index in [-0.39, 0.29) is 34.6 Å². The molecule has 0 aromatic rings. The quantitative estimate of drug-likeness (QED) is 0.554. The van der Waals surface area contributed by atoms with Crippen LogP contribution in [0.5, 0.6) is 0 Å². The van der Waals surface area contributed by atoms with Crippen molar-refractivity contribution in [2.45, 2.75) is 112 Å². The molecule has 0 spiro atoms. The number of ether oxygens (including phenoxy) is 1. The van der Waals surface area contributed by atoms with Crippen LogP contribution in [0.4, 0.5) is 0 Å². The molecule has 9 atom stereocenters. The predicted molar refractivity (Wildman–Crippen MR) is 126 cm³/mol. The summed E-state index contributed by atoms with van der Waals surface area (Å²) >= 11 is 0. The Bertz CT molecular complexity index is 831. The molecule has 0 unspecified atom stereocenters. The molecule has 4 heteroatoms. The van der Waals surface area contributed by atoms with Gasteiger partial charge in [0.1, 0.15) is 6.10 Å². The topological polar surface area (TPSA) is 63.6 Å². The molecule has 4 rings (SSSR count). The highest BCUT2D eigenvalue weighted by atomic mass is 16.5. The van der Waals surface area contributed by atoms with Crippen molar-refractivity contribution in [1.29, 1.82) is 0 Å². The first-order chi connectivity index (χ1) is 14.8. The molecule has 0 bridgehead atoms.